The molecule has 2 aliphatic heterocycles. The maximum Gasteiger partial charge on any atom is 0.323 e. The molecule has 5 rings (SSSR count). The fraction of sp³-hybridized carbons (Fsp3) is 0.379. The summed E-state index contributed by atoms with van der Waals surface area (Å²) in [6.45, 7) is 5.40. The van der Waals surface area contributed by atoms with Gasteiger partial charge >= 0.3 is 6.03 Å². The lowest BCUT2D eigenvalue weighted by Crippen LogP contribution is -2.54. The summed E-state index contributed by atoms with van der Waals surface area (Å²) in [7, 11) is 1.53. The molecule has 2 unspecified atom stereocenters. The van der Waals surface area contributed by atoms with Crippen molar-refractivity contribution in [1.29, 1.82) is 0 Å². The van der Waals surface area contributed by atoms with Crippen LogP contribution in [0.15, 0.2) is 36.4 Å². The zero-order chi connectivity index (χ0) is 27.7. The standard InChI is InChI=1S/C29H32N6O4/c1-4-18(2)6-5-13-35-24-10-7-19(14-23(24)25(30)33-35)11-12-29(27(37)31-28(38)32-29)17-34-16-20-8-9-21(39-3)15-22(20)26(34)36/h7-10,14-15,18H,4-6,13,16-17H2,1-3H3,(H2,30,33)(H2,31,32,37,38). The Bertz CT molecular complexity index is 1530. The molecular formula is C29H32N6O4. The fourth-order valence-corrected chi connectivity index (χ4v) is 5.04. The summed E-state index contributed by atoms with van der Waals surface area (Å²) < 4.78 is 7.16. The van der Waals surface area contributed by atoms with E-state index in [9.17, 15) is 14.4 Å². The summed E-state index contributed by atoms with van der Waals surface area (Å²) in [5, 5.41) is 10.2. The van der Waals surface area contributed by atoms with Gasteiger partial charge in [0.2, 0.25) is 5.54 Å². The SMILES string of the molecule is CCC(C)CCCn1nc(N)c2cc(C#CC3(CN4Cc5ccc(OC)cc5C4=O)NC(=O)NC3=O)ccc21. The zero-order valence-electron chi connectivity index (χ0n) is 22.3. The number of methoxy groups -OCH3 is 1. The summed E-state index contributed by atoms with van der Waals surface area (Å²) in [5.41, 5.74) is 7.47. The Balaban J connectivity index is 1.40. The number of hydrogen-bond donors (Lipinski definition) is 3. The minimum atomic E-state index is -1.60. The van der Waals surface area contributed by atoms with Crippen molar-refractivity contribution in [1.82, 2.24) is 25.3 Å². The number of nitrogens with one attached hydrogen (secondary N) is 2. The lowest BCUT2D eigenvalue weighted by molar-refractivity contribution is -0.122. The predicted octanol–water partition coefficient (Wildman–Crippen LogP) is 3.04. The first-order chi connectivity index (χ1) is 18.7. The number of nitrogen functional groups attached to an aromatic ring is 1. The van der Waals surface area contributed by atoms with Crippen LogP contribution < -0.4 is 21.1 Å². The highest BCUT2D eigenvalue weighted by Gasteiger charge is 2.48. The van der Waals surface area contributed by atoms with Crippen LogP contribution in [0.25, 0.3) is 10.9 Å². The summed E-state index contributed by atoms with van der Waals surface area (Å²) in [4.78, 5) is 39.7. The second-order valence-corrected chi connectivity index (χ2v) is 10.2. The van der Waals surface area contributed by atoms with Gasteiger partial charge in [-0.2, -0.15) is 5.10 Å². The van der Waals surface area contributed by atoms with Crippen molar-refractivity contribution >= 4 is 34.6 Å². The first-order valence-electron chi connectivity index (χ1n) is 13.1. The Morgan fingerprint density at radius 2 is 2.03 bits per heavy atom. The quantitative estimate of drug-likeness (QED) is 0.304. The summed E-state index contributed by atoms with van der Waals surface area (Å²) in [6.07, 6.45) is 3.28. The minimum Gasteiger partial charge on any atom is -0.497 e. The number of hydrogen-bond acceptors (Lipinski definition) is 6. The number of aryl methyl sites for hydroxylation is 1. The van der Waals surface area contributed by atoms with Crippen molar-refractivity contribution in [3.05, 3.63) is 53.1 Å². The van der Waals surface area contributed by atoms with Crippen LogP contribution in [0.3, 0.4) is 0 Å². The third-order valence-corrected chi connectivity index (χ3v) is 7.53. The average Bonchev–Trinajstić information content (AvgIpc) is 3.52. The molecular weight excluding hydrogens is 496 g/mol. The molecule has 2 aromatic carbocycles. The number of nitrogens with zero attached hydrogens (tertiary/aromatic N) is 3. The van der Waals surface area contributed by atoms with Crippen molar-refractivity contribution in [3.63, 3.8) is 0 Å². The van der Waals surface area contributed by atoms with Crippen LogP contribution in [0.1, 0.15) is 54.6 Å². The summed E-state index contributed by atoms with van der Waals surface area (Å²) in [6, 6.07) is 10.2. The van der Waals surface area contributed by atoms with Crippen LogP contribution in [0.5, 0.6) is 5.75 Å². The van der Waals surface area contributed by atoms with Crippen LogP contribution in [-0.2, 0) is 17.9 Å². The van der Waals surface area contributed by atoms with Crippen molar-refractivity contribution in [2.24, 2.45) is 5.92 Å². The van der Waals surface area contributed by atoms with Crippen molar-refractivity contribution < 1.29 is 19.1 Å². The third kappa shape index (κ3) is 5.00. The molecule has 10 heteroatoms. The van der Waals surface area contributed by atoms with Gasteiger partial charge in [0.15, 0.2) is 5.82 Å². The normalized spacial score (nSPS) is 18.9. The van der Waals surface area contributed by atoms with Gasteiger partial charge in [0.1, 0.15) is 5.75 Å². The molecule has 202 valence electrons. The number of aromatic nitrogens is 2. The van der Waals surface area contributed by atoms with Crippen LogP contribution in [-0.4, -0.2) is 51.7 Å². The fourth-order valence-electron chi connectivity index (χ4n) is 5.04. The molecule has 39 heavy (non-hydrogen) atoms. The maximum absolute atomic E-state index is 13.1. The van der Waals surface area contributed by atoms with Gasteiger partial charge in [-0.25, -0.2) is 4.79 Å². The molecule has 0 aliphatic carbocycles. The van der Waals surface area contributed by atoms with Gasteiger partial charge in [0.05, 0.1) is 19.2 Å². The van der Waals surface area contributed by atoms with E-state index in [2.05, 4.69) is 41.4 Å². The largest absolute Gasteiger partial charge is 0.497 e. The first-order valence-corrected chi connectivity index (χ1v) is 13.1. The Hall–Kier alpha value is -4.52. The Kier molecular flexibility index (Phi) is 6.91. The number of benzene rings is 2. The van der Waals surface area contributed by atoms with Gasteiger partial charge in [0, 0.05) is 29.6 Å². The monoisotopic (exact) mass is 528 g/mol. The first kappa shape index (κ1) is 26.1. The van der Waals surface area contributed by atoms with Crippen molar-refractivity contribution in [3.8, 4) is 17.6 Å². The molecule has 3 aromatic rings. The van der Waals surface area contributed by atoms with Crippen LogP contribution in [0, 0.1) is 17.8 Å². The molecule has 4 N–H and O–H groups in total. The van der Waals surface area contributed by atoms with Gasteiger partial charge in [0.25, 0.3) is 11.8 Å². The van der Waals surface area contributed by atoms with E-state index in [1.54, 1.807) is 12.1 Å². The second kappa shape index (κ2) is 10.3. The Morgan fingerprint density at radius 1 is 1.21 bits per heavy atom. The van der Waals surface area contributed by atoms with Crippen molar-refractivity contribution in [2.75, 3.05) is 19.4 Å². The number of rotatable bonds is 8. The number of carbonyl (C=O) groups is 3. The number of nitrogens with two attached hydrogens (primary N) is 1. The smallest absolute Gasteiger partial charge is 0.323 e. The number of carbonyl (C=O) groups excluding carboxylic acids is 3. The van der Waals surface area contributed by atoms with Gasteiger partial charge in [-0.15, -0.1) is 0 Å². The molecule has 2 aliphatic rings. The molecule has 0 bridgehead atoms. The van der Waals surface area contributed by atoms with Crippen LogP contribution in [0.4, 0.5) is 10.6 Å². The van der Waals surface area contributed by atoms with E-state index in [0.29, 0.717) is 35.2 Å². The van der Waals surface area contributed by atoms with Gasteiger partial charge in [-0.3, -0.25) is 19.6 Å². The number of imide groups is 1. The lowest BCUT2D eigenvalue weighted by atomic mass is 9.99. The minimum absolute atomic E-state index is 0.105. The van der Waals surface area contributed by atoms with E-state index in [1.165, 1.54) is 12.0 Å². The zero-order valence-corrected chi connectivity index (χ0v) is 22.3. The Morgan fingerprint density at radius 3 is 2.74 bits per heavy atom. The average molecular weight is 529 g/mol. The molecule has 4 amide bonds. The number of urea groups is 1. The molecule has 2 atom stereocenters. The third-order valence-electron chi connectivity index (χ3n) is 7.53. The van der Waals surface area contributed by atoms with E-state index >= 15 is 0 Å². The molecule has 1 aromatic heterocycles. The molecule has 10 nitrogen and oxygen atoms in total. The number of ether oxygens (including phenoxy) is 1. The number of amides is 4. The second-order valence-electron chi connectivity index (χ2n) is 10.2. The molecule has 0 spiro atoms. The highest BCUT2D eigenvalue weighted by Crippen LogP contribution is 2.29. The van der Waals surface area contributed by atoms with E-state index < -0.39 is 17.5 Å². The van der Waals surface area contributed by atoms with E-state index in [1.807, 2.05) is 28.9 Å². The molecule has 0 radical (unpaired) electrons. The van der Waals surface area contributed by atoms with Gasteiger partial charge in [-0.1, -0.05) is 38.2 Å². The number of fused-ring (bicyclic) bond motifs is 2. The van der Waals surface area contributed by atoms with Gasteiger partial charge < -0.3 is 20.7 Å². The molecule has 1 saturated heterocycles. The maximum atomic E-state index is 13.1. The van der Waals surface area contributed by atoms with Crippen LogP contribution in [0.2, 0.25) is 0 Å². The summed E-state index contributed by atoms with van der Waals surface area (Å²) in [5.74, 6) is 6.77. The highest BCUT2D eigenvalue weighted by atomic mass is 16.5. The lowest BCUT2D eigenvalue weighted by Gasteiger charge is -2.26. The molecule has 0 saturated carbocycles. The predicted molar refractivity (Wildman–Crippen MR) is 147 cm³/mol. The van der Waals surface area contributed by atoms with Gasteiger partial charge in [-0.05, 0) is 54.7 Å². The van der Waals surface area contributed by atoms with Crippen LogP contribution >= 0.6 is 0 Å². The van der Waals surface area contributed by atoms with E-state index in [4.69, 9.17) is 10.5 Å². The summed E-state index contributed by atoms with van der Waals surface area (Å²) >= 11 is 0. The number of anilines is 1. The Labute approximate surface area is 226 Å². The molecule has 3 heterocycles. The highest BCUT2D eigenvalue weighted by molar-refractivity contribution is 6.10. The molecule has 1 fully saturated rings. The van der Waals surface area contributed by atoms with Crippen molar-refractivity contribution in [2.45, 2.75) is 51.7 Å². The van der Waals surface area contributed by atoms with E-state index in [0.717, 1.165) is 42.3 Å². The van der Waals surface area contributed by atoms with E-state index in [-0.39, 0.29) is 12.5 Å². The topological polar surface area (TPSA) is 132 Å².